The van der Waals surface area contributed by atoms with Gasteiger partial charge < -0.3 is 15.3 Å². The molecule has 0 bridgehead atoms. The highest BCUT2D eigenvalue weighted by molar-refractivity contribution is 8.14. The van der Waals surface area contributed by atoms with Gasteiger partial charge in [0.2, 0.25) is 5.91 Å². The van der Waals surface area contributed by atoms with Gasteiger partial charge in [-0.15, -0.1) is 0 Å². The van der Waals surface area contributed by atoms with Crippen LogP contribution in [0.2, 0.25) is 0 Å². The van der Waals surface area contributed by atoms with E-state index in [0.29, 0.717) is 37.5 Å². The predicted octanol–water partition coefficient (Wildman–Crippen LogP) is 2.21. The van der Waals surface area contributed by atoms with Crippen LogP contribution in [0.4, 0.5) is 4.79 Å². The molecule has 2 amide bonds. The average Bonchev–Trinajstić information content (AvgIpc) is 3.09. The van der Waals surface area contributed by atoms with Gasteiger partial charge in [0.1, 0.15) is 0 Å². The molecule has 0 unspecified atom stereocenters. The van der Waals surface area contributed by atoms with Crippen LogP contribution < -0.4 is 5.32 Å². The number of likely N-dealkylation sites (tertiary alicyclic amines) is 1. The number of nitrogens with one attached hydrogen (secondary N) is 1. The SMILES string of the molecule is O=C(O)N1CCC(Cc2ccccc2)(C(=O)NC2=NCCS2)CC1. The minimum Gasteiger partial charge on any atom is -0.465 e. The molecule has 1 saturated heterocycles. The van der Waals surface area contributed by atoms with Gasteiger partial charge in [0.15, 0.2) is 5.17 Å². The Balaban J connectivity index is 1.78. The predicted molar refractivity (Wildman–Crippen MR) is 94.3 cm³/mol. The molecule has 0 atom stereocenters. The van der Waals surface area contributed by atoms with Crippen LogP contribution in [0.3, 0.4) is 0 Å². The highest BCUT2D eigenvalue weighted by Gasteiger charge is 2.42. The molecule has 0 spiro atoms. The maximum Gasteiger partial charge on any atom is 0.407 e. The van der Waals surface area contributed by atoms with E-state index >= 15 is 0 Å². The van der Waals surface area contributed by atoms with Crippen molar-refractivity contribution in [2.75, 3.05) is 25.4 Å². The first kappa shape index (κ1) is 16.8. The molecule has 128 valence electrons. The van der Waals surface area contributed by atoms with Gasteiger partial charge in [0, 0.05) is 18.8 Å². The van der Waals surface area contributed by atoms with E-state index in [4.69, 9.17) is 5.11 Å². The van der Waals surface area contributed by atoms with Gasteiger partial charge in [-0.05, 0) is 24.8 Å². The molecule has 0 aromatic heterocycles. The van der Waals surface area contributed by atoms with E-state index in [2.05, 4.69) is 10.3 Å². The number of rotatable bonds is 3. The van der Waals surface area contributed by atoms with Crippen molar-refractivity contribution in [3.8, 4) is 0 Å². The first-order valence-corrected chi connectivity index (χ1v) is 9.08. The molecular formula is C17H21N3O3S. The smallest absolute Gasteiger partial charge is 0.407 e. The molecule has 1 fully saturated rings. The van der Waals surface area contributed by atoms with E-state index in [0.717, 1.165) is 17.9 Å². The highest BCUT2D eigenvalue weighted by Crippen LogP contribution is 2.36. The van der Waals surface area contributed by atoms with Crippen molar-refractivity contribution in [3.05, 3.63) is 35.9 Å². The lowest BCUT2D eigenvalue weighted by molar-refractivity contribution is -0.132. The molecule has 0 radical (unpaired) electrons. The van der Waals surface area contributed by atoms with Crippen LogP contribution in [0.1, 0.15) is 18.4 Å². The quantitative estimate of drug-likeness (QED) is 0.878. The summed E-state index contributed by atoms with van der Waals surface area (Å²) < 4.78 is 0. The van der Waals surface area contributed by atoms with E-state index in [1.165, 1.54) is 4.90 Å². The van der Waals surface area contributed by atoms with Gasteiger partial charge >= 0.3 is 6.09 Å². The number of carbonyl (C=O) groups is 2. The minimum atomic E-state index is -0.917. The maximum atomic E-state index is 13.0. The molecule has 1 aromatic rings. The van der Waals surface area contributed by atoms with Gasteiger partial charge in [-0.1, -0.05) is 42.1 Å². The zero-order valence-corrected chi connectivity index (χ0v) is 14.2. The highest BCUT2D eigenvalue weighted by atomic mass is 32.2. The Kier molecular flexibility index (Phi) is 5.08. The Morgan fingerprint density at radius 3 is 2.54 bits per heavy atom. The second-order valence-electron chi connectivity index (χ2n) is 6.20. The zero-order valence-electron chi connectivity index (χ0n) is 13.4. The van der Waals surface area contributed by atoms with Crippen LogP contribution in [0.25, 0.3) is 0 Å². The Labute approximate surface area is 145 Å². The normalized spacial score (nSPS) is 19.7. The molecule has 6 nitrogen and oxygen atoms in total. The summed E-state index contributed by atoms with van der Waals surface area (Å²) in [5, 5.41) is 12.8. The Bertz CT molecular complexity index is 640. The summed E-state index contributed by atoms with van der Waals surface area (Å²) in [6.45, 7) is 1.50. The van der Waals surface area contributed by atoms with E-state index in [1.807, 2.05) is 30.3 Å². The van der Waals surface area contributed by atoms with Gasteiger partial charge in [-0.2, -0.15) is 0 Å². The maximum absolute atomic E-state index is 13.0. The number of amidine groups is 1. The van der Waals surface area contributed by atoms with Crippen molar-refractivity contribution in [3.63, 3.8) is 0 Å². The number of carbonyl (C=O) groups excluding carboxylic acids is 1. The lowest BCUT2D eigenvalue weighted by atomic mass is 9.73. The number of piperidine rings is 1. The first-order chi connectivity index (χ1) is 11.6. The fourth-order valence-electron chi connectivity index (χ4n) is 3.24. The number of carboxylic acid groups (broad SMARTS) is 1. The van der Waals surface area contributed by atoms with Crippen LogP contribution in [0, 0.1) is 5.41 Å². The van der Waals surface area contributed by atoms with E-state index < -0.39 is 11.5 Å². The topological polar surface area (TPSA) is 82.0 Å². The van der Waals surface area contributed by atoms with Crippen molar-refractivity contribution < 1.29 is 14.7 Å². The van der Waals surface area contributed by atoms with Gasteiger partial charge in [0.05, 0.1) is 12.0 Å². The summed E-state index contributed by atoms with van der Waals surface area (Å²) >= 11 is 1.56. The lowest BCUT2D eigenvalue weighted by Crippen LogP contribution is -2.51. The van der Waals surface area contributed by atoms with Gasteiger partial charge in [0.25, 0.3) is 0 Å². The van der Waals surface area contributed by atoms with Crippen molar-refractivity contribution in [2.24, 2.45) is 10.4 Å². The number of aliphatic imine (C=N–C) groups is 1. The number of nitrogens with zero attached hydrogens (tertiary/aromatic N) is 2. The molecule has 2 aliphatic rings. The molecule has 2 aliphatic heterocycles. The number of thioether (sulfide) groups is 1. The van der Waals surface area contributed by atoms with Crippen molar-refractivity contribution in [2.45, 2.75) is 19.3 Å². The third-order valence-electron chi connectivity index (χ3n) is 4.66. The summed E-state index contributed by atoms with van der Waals surface area (Å²) in [6, 6.07) is 9.91. The molecule has 24 heavy (non-hydrogen) atoms. The summed E-state index contributed by atoms with van der Waals surface area (Å²) in [6.07, 6.45) is 0.751. The molecule has 3 rings (SSSR count). The molecule has 0 saturated carbocycles. The second-order valence-corrected chi connectivity index (χ2v) is 7.29. The Hall–Kier alpha value is -2.02. The largest absolute Gasteiger partial charge is 0.465 e. The average molecular weight is 347 g/mol. The number of hydrogen-bond donors (Lipinski definition) is 2. The number of hydrogen-bond acceptors (Lipinski definition) is 4. The minimum absolute atomic E-state index is 0.0375. The van der Waals surface area contributed by atoms with Crippen LogP contribution in [-0.4, -0.2) is 52.6 Å². The van der Waals surface area contributed by atoms with Crippen LogP contribution in [0.5, 0.6) is 0 Å². The summed E-state index contributed by atoms with van der Waals surface area (Å²) in [7, 11) is 0. The van der Waals surface area contributed by atoms with Crippen LogP contribution in [-0.2, 0) is 11.2 Å². The number of benzene rings is 1. The summed E-state index contributed by atoms with van der Waals surface area (Å²) in [5.41, 5.74) is 0.510. The second kappa shape index (κ2) is 7.25. The zero-order chi connectivity index (χ0) is 17.0. The van der Waals surface area contributed by atoms with E-state index in [9.17, 15) is 9.59 Å². The van der Waals surface area contributed by atoms with E-state index in [1.54, 1.807) is 11.8 Å². The summed E-state index contributed by atoms with van der Waals surface area (Å²) in [4.78, 5) is 29.8. The summed E-state index contributed by atoms with van der Waals surface area (Å²) in [5.74, 6) is 0.859. The standard InChI is InChI=1S/C17H21N3O3S/c21-14(19-15-18-8-11-24-15)17(12-13-4-2-1-3-5-13)6-9-20(10-7-17)16(22)23/h1-5H,6-12H2,(H,22,23)(H,18,19,21). The first-order valence-electron chi connectivity index (χ1n) is 8.10. The fraction of sp³-hybridized carbons (Fsp3) is 0.471. The Morgan fingerprint density at radius 1 is 1.25 bits per heavy atom. The van der Waals surface area contributed by atoms with Crippen molar-refractivity contribution in [1.82, 2.24) is 10.2 Å². The molecule has 0 aliphatic carbocycles. The number of amides is 2. The molecule has 7 heteroatoms. The van der Waals surface area contributed by atoms with Gasteiger partial charge in [-0.3, -0.25) is 9.79 Å². The van der Waals surface area contributed by atoms with Crippen LogP contribution in [0.15, 0.2) is 35.3 Å². The third-order valence-corrected chi connectivity index (χ3v) is 5.56. The molecular weight excluding hydrogens is 326 g/mol. The van der Waals surface area contributed by atoms with E-state index in [-0.39, 0.29) is 5.91 Å². The molecule has 1 aromatic carbocycles. The van der Waals surface area contributed by atoms with Gasteiger partial charge in [-0.25, -0.2) is 4.79 Å². The van der Waals surface area contributed by atoms with Crippen molar-refractivity contribution >= 4 is 28.9 Å². The fourth-order valence-corrected chi connectivity index (χ4v) is 3.96. The Morgan fingerprint density at radius 2 is 1.96 bits per heavy atom. The lowest BCUT2D eigenvalue weighted by Gasteiger charge is -2.39. The van der Waals surface area contributed by atoms with Crippen LogP contribution >= 0.6 is 11.8 Å². The van der Waals surface area contributed by atoms with Crippen molar-refractivity contribution in [1.29, 1.82) is 0 Å². The molecule has 2 N–H and O–H groups in total. The monoisotopic (exact) mass is 347 g/mol. The third kappa shape index (κ3) is 3.72. The molecule has 2 heterocycles.